The standard InChI is InChI=1S/C19H16N6O3/c1-12(25-19(27)14-9-5-6-10-15(14)22-24-25)18(26)20-11-16-21-17(23-28-16)13-7-3-2-4-8-13/h2-10,12H,11H2,1H3,(H,20,26)/t12-/m1/s1. The Labute approximate surface area is 159 Å². The Kier molecular flexibility index (Phi) is 4.63. The molecule has 0 saturated carbocycles. The summed E-state index contributed by atoms with van der Waals surface area (Å²) in [6, 6.07) is 15.4. The van der Waals surface area contributed by atoms with Crippen molar-refractivity contribution in [1.82, 2.24) is 30.5 Å². The van der Waals surface area contributed by atoms with E-state index < -0.39 is 11.9 Å². The Morgan fingerprint density at radius 2 is 1.89 bits per heavy atom. The van der Waals surface area contributed by atoms with Crippen molar-refractivity contribution in [3.05, 3.63) is 70.8 Å². The molecule has 0 bridgehead atoms. The molecule has 0 aliphatic heterocycles. The maximum Gasteiger partial charge on any atom is 0.278 e. The average molecular weight is 376 g/mol. The van der Waals surface area contributed by atoms with E-state index in [-0.39, 0.29) is 18.0 Å². The lowest BCUT2D eigenvalue weighted by Gasteiger charge is -2.12. The van der Waals surface area contributed by atoms with Gasteiger partial charge >= 0.3 is 0 Å². The minimum Gasteiger partial charge on any atom is -0.345 e. The number of benzene rings is 2. The van der Waals surface area contributed by atoms with E-state index in [0.717, 1.165) is 10.2 Å². The number of rotatable bonds is 5. The van der Waals surface area contributed by atoms with E-state index in [1.165, 1.54) is 0 Å². The molecule has 0 fully saturated rings. The molecule has 9 nitrogen and oxygen atoms in total. The van der Waals surface area contributed by atoms with Crippen molar-refractivity contribution in [2.24, 2.45) is 0 Å². The van der Waals surface area contributed by atoms with Gasteiger partial charge in [0.2, 0.25) is 17.6 Å². The number of nitrogens with zero attached hydrogens (tertiary/aromatic N) is 5. The molecule has 2 aromatic carbocycles. The summed E-state index contributed by atoms with van der Waals surface area (Å²) in [6.45, 7) is 1.61. The molecule has 9 heteroatoms. The first-order valence-corrected chi connectivity index (χ1v) is 8.63. The van der Waals surface area contributed by atoms with Crippen LogP contribution in [-0.2, 0) is 11.3 Å². The highest BCUT2D eigenvalue weighted by Crippen LogP contribution is 2.14. The smallest absolute Gasteiger partial charge is 0.278 e. The SMILES string of the molecule is C[C@H](C(=O)NCc1nc(-c2ccccc2)no1)n1nnc2ccccc2c1=O. The lowest BCUT2D eigenvalue weighted by atomic mass is 10.2. The Bertz CT molecular complexity index is 1180. The molecular weight excluding hydrogens is 360 g/mol. The van der Waals surface area contributed by atoms with Crippen molar-refractivity contribution < 1.29 is 9.32 Å². The number of amides is 1. The van der Waals surface area contributed by atoms with Crippen molar-refractivity contribution >= 4 is 16.8 Å². The molecular formula is C19H16N6O3. The molecule has 0 unspecified atom stereocenters. The third-order valence-corrected chi connectivity index (χ3v) is 4.25. The maximum atomic E-state index is 12.5. The molecule has 0 radical (unpaired) electrons. The van der Waals surface area contributed by atoms with Crippen molar-refractivity contribution in [2.45, 2.75) is 19.5 Å². The lowest BCUT2D eigenvalue weighted by Crippen LogP contribution is -2.37. The highest BCUT2D eigenvalue weighted by atomic mass is 16.5. The van der Waals surface area contributed by atoms with Crippen LogP contribution in [0.15, 0.2) is 63.9 Å². The fraction of sp³-hybridized carbons (Fsp3) is 0.158. The zero-order chi connectivity index (χ0) is 19.5. The topological polar surface area (TPSA) is 116 Å². The summed E-state index contributed by atoms with van der Waals surface area (Å²) in [7, 11) is 0. The van der Waals surface area contributed by atoms with E-state index in [4.69, 9.17) is 4.52 Å². The van der Waals surface area contributed by atoms with Crippen LogP contribution in [0.5, 0.6) is 0 Å². The third-order valence-electron chi connectivity index (χ3n) is 4.25. The van der Waals surface area contributed by atoms with Crippen molar-refractivity contribution in [3.8, 4) is 11.4 Å². The monoisotopic (exact) mass is 376 g/mol. The molecule has 0 aliphatic rings. The molecule has 140 valence electrons. The molecule has 4 aromatic rings. The number of fused-ring (bicyclic) bond motifs is 1. The van der Waals surface area contributed by atoms with Gasteiger partial charge in [0.1, 0.15) is 11.6 Å². The van der Waals surface area contributed by atoms with Crippen LogP contribution in [0.1, 0.15) is 18.9 Å². The number of carbonyl (C=O) groups is 1. The fourth-order valence-electron chi connectivity index (χ4n) is 2.71. The molecule has 1 amide bonds. The molecule has 2 heterocycles. The van der Waals surface area contributed by atoms with E-state index in [1.807, 2.05) is 30.3 Å². The van der Waals surface area contributed by atoms with Crippen LogP contribution in [0.2, 0.25) is 0 Å². The zero-order valence-electron chi connectivity index (χ0n) is 14.9. The summed E-state index contributed by atoms with van der Waals surface area (Å²) in [4.78, 5) is 29.3. The second-order valence-electron chi connectivity index (χ2n) is 6.13. The Morgan fingerprint density at radius 3 is 2.71 bits per heavy atom. The molecule has 2 aromatic heterocycles. The first-order chi connectivity index (χ1) is 13.6. The molecule has 28 heavy (non-hydrogen) atoms. The van der Waals surface area contributed by atoms with Gasteiger partial charge in [-0.15, -0.1) is 5.10 Å². The average Bonchev–Trinajstić information content (AvgIpc) is 3.22. The first kappa shape index (κ1) is 17.5. The van der Waals surface area contributed by atoms with E-state index in [9.17, 15) is 9.59 Å². The van der Waals surface area contributed by atoms with Crippen molar-refractivity contribution in [2.75, 3.05) is 0 Å². The van der Waals surface area contributed by atoms with Crippen LogP contribution in [0.3, 0.4) is 0 Å². The molecule has 1 N–H and O–H groups in total. The summed E-state index contributed by atoms with van der Waals surface area (Å²) in [6.07, 6.45) is 0. The summed E-state index contributed by atoms with van der Waals surface area (Å²) >= 11 is 0. The molecule has 0 aliphatic carbocycles. The summed E-state index contributed by atoms with van der Waals surface area (Å²) < 4.78 is 6.22. The molecule has 4 rings (SSSR count). The van der Waals surface area contributed by atoms with E-state index in [1.54, 1.807) is 31.2 Å². The number of carbonyl (C=O) groups excluding carboxylic acids is 1. The van der Waals surface area contributed by atoms with Crippen LogP contribution < -0.4 is 10.9 Å². The number of hydrogen-bond acceptors (Lipinski definition) is 7. The fourth-order valence-corrected chi connectivity index (χ4v) is 2.71. The van der Waals surface area contributed by atoms with Crippen LogP contribution in [0.4, 0.5) is 0 Å². The largest absolute Gasteiger partial charge is 0.345 e. The van der Waals surface area contributed by atoms with Gasteiger partial charge in [0.05, 0.1) is 11.9 Å². The minimum absolute atomic E-state index is 0.0404. The highest BCUT2D eigenvalue weighted by molar-refractivity contribution is 5.81. The van der Waals surface area contributed by atoms with Gasteiger partial charge in [-0.05, 0) is 19.1 Å². The summed E-state index contributed by atoms with van der Waals surface area (Å²) in [5, 5.41) is 14.8. The predicted octanol–water partition coefficient (Wildman–Crippen LogP) is 1.72. The van der Waals surface area contributed by atoms with E-state index >= 15 is 0 Å². The van der Waals surface area contributed by atoms with Gasteiger partial charge in [0.25, 0.3) is 5.56 Å². The second-order valence-corrected chi connectivity index (χ2v) is 6.13. The minimum atomic E-state index is -0.846. The van der Waals surface area contributed by atoms with Gasteiger partial charge in [0.15, 0.2) is 0 Å². The van der Waals surface area contributed by atoms with Crippen LogP contribution in [-0.4, -0.2) is 31.0 Å². The Balaban J connectivity index is 1.46. The number of aromatic nitrogens is 5. The van der Waals surface area contributed by atoms with Crippen molar-refractivity contribution in [3.63, 3.8) is 0 Å². The van der Waals surface area contributed by atoms with Crippen LogP contribution in [0, 0.1) is 0 Å². The summed E-state index contributed by atoms with van der Waals surface area (Å²) in [5.74, 6) is 0.289. The first-order valence-electron chi connectivity index (χ1n) is 8.63. The maximum absolute atomic E-state index is 12.5. The molecule has 1 atom stereocenters. The number of hydrogen-bond donors (Lipinski definition) is 1. The van der Waals surface area contributed by atoms with E-state index in [2.05, 4.69) is 25.8 Å². The Hall–Kier alpha value is -3.88. The molecule has 0 saturated heterocycles. The molecule has 0 spiro atoms. The third kappa shape index (κ3) is 3.37. The normalized spacial score (nSPS) is 12.0. The Morgan fingerprint density at radius 1 is 1.14 bits per heavy atom. The van der Waals surface area contributed by atoms with Crippen molar-refractivity contribution in [1.29, 1.82) is 0 Å². The van der Waals surface area contributed by atoms with Gasteiger partial charge in [-0.1, -0.05) is 52.8 Å². The van der Waals surface area contributed by atoms with Gasteiger partial charge in [-0.25, -0.2) is 0 Å². The highest BCUT2D eigenvalue weighted by Gasteiger charge is 2.20. The van der Waals surface area contributed by atoms with Crippen LogP contribution in [0.25, 0.3) is 22.3 Å². The van der Waals surface area contributed by atoms with Gasteiger partial charge in [0, 0.05) is 5.56 Å². The van der Waals surface area contributed by atoms with Gasteiger partial charge in [-0.3, -0.25) is 9.59 Å². The van der Waals surface area contributed by atoms with Crippen LogP contribution >= 0.6 is 0 Å². The zero-order valence-corrected chi connectivity index (χ0v) is 14.9. The van der Waals surface area contributed by atoms with E-state index in [0.29, 0.717) is 16.7 Å². The number of nitrogens with one attached hydrogen (secondary N) is 1. The predicted molar refractivity (Wildman–Crippen MR) is 100 cm³/mol. The van der Waals surface area contributed by atoms with Gasteiger partial charge in [-0.2, -0.15) is 9.67 Å². The van der Waals surface area contributed by atoms with Gasteiger partial charge < -0.3 is 9.84 Å². The second kappa shape index (κ2) is 7.39. The lowest BCUT2D eigenvalue weighted by molar-refractivity contribution is -0.124. The summed E-state index contributed by atoms with van der Waals surface area (Å²) in [5.41, 5.74) is 0.920. The quantitative estimate of drug-likeness (QED) is 0.564.